The summed E-state index contributed by atoms with van der Waals surface area (Å²) in [7, 11) is 2.16. The zero-order valence-corrected chi connectivity index (χ0v) is 14.7. The Hall–Kier alpha value is -0.420. The van der Waals surface area contributed by atoms with Crippen molar-refractivity contribution < 1.29 is 4.74 Å². The second-order valence-electron chi connectivity index (χ2n) is 6.33. The molecule has 0 unspecified atom stereocenters. The van der Waals surface area contributed by atoms with Gasteiger partial charge in [-0.15, -0.1) is 11.3 Å². The van der Waals surface area contributed by atoms with Gasteiger partial charge in [0.25, 0.3) is 0 Å². The first-order valence-corrected chi connectivity index (χ1v) is 8.23. The topological polar surface area (TPSA) is 24.5 Å². The predicted octanol–water partition coefficient (Wildman–Crippen LogP) is 3.41. The van der Waals surface area contributed by atoms with Gasteiger partial charge in [0.15, 0.2) is 0 Å². The van der Waals surface area contributed by atoms with Crippen LogP contribution in [-0.4, -0.2) is 37.2 Å². The SMILES string of the molecule is CCOCCN(C)Cc1cc(CNC(C)(C)C)sc1C. The number of nitrogens with one attached hydrogen (secondary N) is 1. The smallest absolute Gasteiger partial charge is 0.0593 e. The molecule has 1 N–H and O–H groups in total. The van der Waals surface area contributed by atoms with Crippen LogP contribution in [0.4, 0.5) is 0 Å². The molecule has 1 aromatic rings. The fourth-order valence-electron chi connectivity index (χ4n) is 1.92. The van der Waals surface area contributed by atoms with E-state index in [4.69, 9.17) is 4.74 Å². The second kappa shape index (κ2) is 8.13. The molecule has 0 aliphatic carbocycles. The van der Waals surface area contributed by atoms with Gasteiger partial charge in [0.2, 0.25) is 0 Å². The molecule has 0 aliphatic rings. The van der Waals surface area contributed by atoms with Crippen LogP contribution >= 0.6 is 11.3 Å². The van der Waals surface area contributed by atoms with Crippen LogP contribution in [-0.2, 0) is 17.8 Å². The minimum Gasteiger partial charge on any atom is -0.380 e. The molecule has 3 nitrogen and oxygen atoms in total. The first kappa shape index (κ1) is 17.6. The second-order valence-corrected chi connectivity index (χ2v) is 7.67. The van der Waals surface area contributed by atoms with Crippen LogP contribution in [0.25, 0.3) is 0 Å². The van der Waals surface area contributed by atoms with E-state index in [2.05, 4.69) is 51.0 Å². The third kappa shape index (κ3) is 6.84. The highest BCUT2D eigenvalue weighted by Gasteiger charge is 2.12. The van der Waals surface area contributed by atoms with Crippen molar-refractivity contribution in [1.82, 2.24) is 10.2 Å². The van der Waals surface area contributed by atoms with E-state index in [0.717, 1.165) is 32.8 Å². The summed E-state index contributed by atoms with van der Waals surface area (Å²) in [5, 5.41) is 3.55. The lowest BCUT2D eigenvalue weighted by atomic mass is 10.1. The Labute approximate surface area is 128 Å². The summed E-state index contributed by atoms with van der Waals surface area (Å²) in [5.41, 5.74) is 1.62. The lowest BCUT2D eigenvalue weighted by molar-refractivity contribution is 0.120. The summed E-state index contributed by atoms with van der Waals surface area (Å²) in [6.45, 7) is 15.4. The molecule has 0 amide bonds. The maximum atomic E-state index is 5.40. The molecular formula is C16H30N2OS. The van der Waals surface area contributed by atoms with E-state index in [-0.39, 0.29) is 5.54 Å². The van der Waals surface area contributed by atoms with Crippen molar-refractivity contribution in [2.45, 2.75) is 53.2 Å². The summed E-state index contributed by atoms with van der Waals surface area (Å²) in [6, 6.07) is 2.34. The molecular weight excluding hydrogens is 268 g/mol. The average molecular weight is 298 g/mol. The lowest BCUT2D eigenvalue weighted by Gasteiger charge is -2.19. The van der Waals surface area contributed by atoms with Crippen LogP contribution in [0.15, 0.2) is 6.07 Å². The maximum Gasteiger partial charge on any atom is 0.0593 e. The molecule has 0 saturated carbocycles. The Morgan fingerprint density at radius 3 is 2.65 bits per heavy atom. The van der Waals surface area contributed by atoms with E-state index < -0.39 is 0 Å². The Balaban J connectivity index is 2.48. The van der Waals surface area contributed by atoms with Crippen molar-refractivity contribution in [3.63, 3.8) is 0 Å². The number of aryl methyl sites for hydroxylation is 1. The quantitative estimate of drug-likeness (QED) is 0.744. The van der Waals surface area contributed by atoms with Gasteiger partial charge in [-0.25, -0.2) is 0 Å². The highest BCUT2D eigenvalue weighted by atomic mass is 32.1. The Kier molecular flexibility index (Phi) is 7.17. The van der Waals surface area contributed by atoms with E-state index in [9.17, 15) is 0 Å². The van der Waals surface area contributed by atoms with Gasteiger partial charge >= 0.3 is 0 Å². The third-order valence-corrected chi connectivity index (χ3v) is 4.22. The molecule has 0 radical (unpaired) electrons. The van der Waals surface area contributed by atoms with Crippen molar-refractivity contribution in [2.75, 3.05) is 26.8 Å². The summed E-state index contributed by atoms with van der Waals surface area (Å²) >= 11 is 1.90. The molecule has 0 atom stereocenters. The van der Waals surface area contributed by atoms with E-state index in [0.29, 0.717) is 0 Å². The summed E-state index contributed by atoms with van der Waals surface area (Å²) in [5.74, 6) is 0. The van der Waals surface area contributed by atoms with Gasteiger partial charge < -0.3 is 10.1 Å². The normalized spacial score (nSPS) is 12.3. The van der Waals surface area contributed by atoms with Gasteiger partial charge in [0.05, 0.1) is 6.61 Å². The number of hydrogen-bond donors (Lipinski definition) is 1. The van der Waals surface area contributed by atoms with Gasteiger partial charge in [0, 0.05) is 41.5 Å². The highest BCUT2D eigenvalue weighted by molar-refractivity contribution is 7.12. The van der Waals surface area contributed by atoms with Crippen LogP contribution < -0.4 is 5.32 Å². The molecule has 116 valence electrons. The molecule has 0 spiro atoms. The van der Waals surface area contributed by atoms with Crippen LogP contribution in [0, 0.1) is 6.92 Å². The maximum absolute atomic E-state index is 5.40. The number of rotatable bonds is 8. The number of nitrogens with zero attached hydrogens (tertiary/aromatic N) is 1. The number of ether oxygens (including phenoxy) is 1. The van der Waals surface area contributed by atoms with Gasteiger partial charge in [0.1, 0.15) is 0 Å². The van der Waals surface area contributed by atoms with E-state index in [1.807, 2.05) is 18.3 Å². The van der Waals surface area contributed by atoms with Crippen LogP contribution in [0.3, 0.4) is 0 Å². The average Bonchev–Trinajstić information content (AvgIpc) is 2.67. The molecule has 0 bridgehead atoms. The molecule has 0 aliphatic heterocycles. The van der Waals surface area contributed by atoms with Gasteiger partial charge in [-0.1, -0.05) is 0 Å². The zero-order chi connectivity index (χ0) is 15.2. The van der Waals surface area contributed by atoms with Crippen molar-refractivity contribution in [2.24, 2.45) is 0 Å². The first-order chi connectivity index (χ1) is 9.31. The number of thiophene rings is 1. The largest absolute Gasteiger partial charge is 0.380 e. The molecule has 1 rings (SSSR count). The van der Waals surface area contributed by atoms with Crippen molar-refractivity contribution in [3.8, 4) is 0 Å². The third-order valence-electron chi connectivity index (χ3n) is 3.13. The van der Waals surface area contributed by atoms with Crippen LogP contribution in [0.1, 0.15) is 43.0 Å². The minimum absolute atomic E-state index is 0.173. The molecule has 1 heterocycles. The number of hydrogen-bond acceptors (Lipinski definition) is 4. The summed E-state index contributed by atoms with van der Waals surface area (Å²) in [4.78, 5) is 5.18. The van der Waals surface area contributed by atoms with Crippen LogP contribution in [0.5, 0.6) is 0 Å². The highest BCUT2D eigenvalue weighted by Crippen LogP contribution is 2.23. The van der Waals surface area contributed by atoms with Crippen molar-refractivity contribution in [3.05, 3.63) is 21.4 Å². The molecule has 1 aromatic heterocycles. The van der Waals surface area contributed by atoms with E-state index in [1.54, 1.807) is 0 Å². The molecule has 0 aromatic carbocycles. The summed E-state index contributed by atoms with van der Waals surface area (Å²) < 4.78 is 5.40. The predicted molar refractivity (Wildman–Crippen MR) is 88.5 cm³/mol. The Morgan fingerprint density at radius 2 is 2.05 bits per heavy atom. The Bertz CT molecular complexity index is 396. The zero-order valence-electron chi connectivity index (χ0n) is 13.9. The Morgan fingerprint density at radius 1 is 1.35 bits per heavy atom. The standard InChI is InChI=1S/C16H30N2OS/c1-7-19-9-8-18(6)12-14-10-15(20-13(14)2)11-17-16(3,4)5/h10,17H,7-9,11-12H2,1-6H3. The fourth-order valence-corrected chi connectivity index (χ4v) is 2.91. The van der Waals surface area contributed by atoms with Gasteiger partial charge in [-0.05, 0) is 53.3 Å². The fraction of sp³-hybridized carbons (Fsp3) is 0.750. The van der Waals surface area contributed by atoms with Crippen molar-refractivity contribution >= 4 is 11.3 Å². The first-order valence-electron chi connectivity index (χ1n) is 7.41. The molecule has 20 heavy (non-hydrogen) atoms. The van der Waals surface area contributed by atoms with Crippen LogP contribution in [0.2, 0.25) is 0 Å². The molecule has 0 saturated heterocycles. The minimum atomic E-state index is 0.173. The monoisotopic (exact) mass is 298 g/mol. The summed E-state index contributed by atoms with van der Waals surface area (Å²) in [6.07, 6.45) is 0. The molecule has 0 fully saturated rings. The number of likely N-dealkylation sites (N-methyl/N-ethyl adjacent to an activating group) is 1. The van der Waals surface area contributed by atoms with Gasteiger partial charge in [-0.2, -0.15) is 0 Å². The van der Waals surface area contributed by atoms with Gasteiger partial charge in [-0.3, -0.25) is 4.90 Å². The van der Waals surface area contributed by atoms with E-state index in [1.165, 1.54) is 15.3 Å². The lowest BCUT2D eigenvalue weighted by Crippen LogP contribution is -2.34. The van der Waals surface area contributed by atoms with Crippen molar-refractivity contribution in [1.29, 1.82) is 0 Å². The molecule has 4 heteroatoms. The van der Waals surface area contributed by atoms with E-state index >= 15 is 0 Å².